The number of carbonyl (C=O) groups excluding carboxylic acids is 1. The van der Waals surface area contributed by atoms with E-state index in [1.54, 1.807) is 12.1 Å². The number of carboxylic acid groups (broad SMARTS) is 1. The van der Waals surface area contributed by atoms with Gasteiger partial charge in [-0.15, -0.1) is 0 Å². The summed E-state index contributed by atoms with van der Waals surface area (Å²) < 4.78 is 0. The Morgan fingerprint density at radius 2 is 2.16 bits per heavy atom. The molecular formula is C13H19N3O3. The van der Waals surface area contributed by atoms with Crippen LogP contribution in [-0.4, -0.2) is 28.0 Å². The molecule has 0 saturated heterocycles. The minimum atomic E-state index is -0.942. The van der Waals surface area contributed by atoms with Crippen molar-refractivity contribution in [2.45, 2.75) is 32.7 Å². The van der Waals surface area contributed by atoms with Crippen LogP contribution in [0.25, 0.3) is 0 Å². The number of rotatable bonds is 6. The normalized spacial score (nSPS) is 13.6. The van der Waals surface area contributed by atoms with Gasteiger partial charge in [0.25, 0.3) is 0 Å². The van der Waals surface area contributed by atoms with Crippen LogP contribution in [-0.2, 0) is 16.0 Å². The first-order chi connectivity index (χ1) is 8.93. The van der Waals surface area contributed by atoms with Gasteiger partial charge in [0.05, 0.1) is 30.0 Å². The fraction of sp³-hybridized carbons (Fsp3) is 0.462. The molecule has 0 aromatic carbocycles. The molecule has 1 aromatic rings. The molecule has 0 saturated carbocycles. The number of nitrogens with two attached hydrogens (primary N) is 1. The second-order valence-corrected chi connectivity index (χ2v) is 4.51. The van der Waals surface area contributed by atoms with Crippen LogP contribution in [0.2, 0.25) is 0 Å². The Morgan fingerprint density at radius 3 is 2.63 bits per heavy atom. The van der Waals surface area contributed by atoms with Gasteiger partial charge >= 0.3 is 5.97 Å². The van der Waals surface area contributed by atoms with Crippen LogP contribution in [0.5, 0.6) is 0 Å². The van der Waals surface area contributed by atoms with Crippen molar-refractivity contribution >= 4 is 17.6 Å². The summed E-state index contributed by atoms with van der Waals surface area (Å²) in [5.41, 5.74) is 6.76. The lowest BCUT2D eigenvalue weighted by atomic mass is 9.99. The smallest absolute Gasteiger partial charge is 0.309 e. The molecule has 6 nitrogen and oxygen atoms in total. The highest BCUT2D eigenvalue weighted by Crippen LogP contribution is 2.10. The first-order valence-electron chi connectivity index (χ1n) is 6.17. The van der Waals surface area contributed by atoms with Gasteiger partial charge in [0.15, 0.2) is 0 Å². The Labute approximate surface area is 112 Å². The van der Waals surface area contributed by atoms with Gasteiger partial charge in [-0.2, -0.15) is 0 Å². The molecule has 0 unspecified atom stereocenters. The van der Waals surface area contributed by atoms with Crippen LogP contribution in [0.3, 0.4) is 0 Å². The van der Waals surface area contributed by atoms with E-state index < -0.39 is 12.0 Å². The predicted molar refractivity (Wildman–Crippen MR) is 71.6 cm³/mol. The van der Waals surface area contributed by atoms with E-state index in [4.69, 9.17) is 10.8 Å². The highest BCUT2D eigenvalue weighted by Gasteiger charge is 2.19. The molecule has 1 rings (SSSR count). The van der Waals surface area contributed by atoms with Crippen LogP contribution in [0.15, 0.2) is 18.3 Å². The number of aliphatic carboxylic acids is 1. The van der Waals surface area contributed by atoms with Gasteiger partial charge in [0, 0.05) is 0 Å². The molecule has 2 atom stereocenters. The molecule has 0 aliphatic heterocycles. The number of hydrogen-bond donors (Lipinski definition) is 3. The molecule has 1 amide bonds. The molecule has 1 heterocycles. The average molecular weight is 265 g/mol. The van der Waals surface area contributed by atoms with Gasteiger partial charge in [-0.25, -0.2) is 0 Å². The highest BCUT2D eigenvalue weighted by atomic mass is 16.4. The van der Waals surface area contributed by atoms with Crippen LogP contribution < -0.4 is 11.1 Å². The van der Waals surface area contributed by atoms with Gasteiger partial charge in [-0.05, 0) is 18.1 Å². The number of nitrogens with zero attached hydrogens (tertiary/aromatic N) is 1. The third-order valence-corrected chi connectivity index (χ3v) is 2.98. The summed E-state index contributed by atoms with van der Waals surface area (Å²) in [7, 11) is 0. The van der Waals surface area contributed by atoms with Crippen molar-refractivity contribution in [1.29, 1.82) is 0 Å². The Kier molecular flexibility index (Phi) is 5.44. The summed E-state index contributed by atoms with van der Waals surface area (Å²) in [6.07, 6.45) is 2.12. The number of carbonyl (C=O) groups is 2. The van der Waals surface area contributed by atoms with Crippen molar-refractivity contribution in [1.82, 2.24) is 4.98 Å². The van der Waals surface area contributed by atoms with Crippen molar-refractivity contribution in [3.05, 3.63) is 24.0 Å². The lowest BCUT2D eigenvalue weighted by Gasteiger charge is -2.17. The maximum Gasteiger partial charge on any atom is 0.309 e. The van der Waals surface area contributed by atoms with Crippen molar-refractivity contribution in [2.75, 3.05) is 5.32 Å². The number of aromatic nitrogens is 1. The summed E-state index contributed by atoms with van der Waals surface area (Å²) >= 11 is 0. The summed E-state index contributed by atoms with van der Waals surface area (Å²) in [5.74, 6) is -1.11. The van der Waals surface area contributed by atoms with E-state index in [0.717, 1.165) is 6.42 Å². The third-order valence-electron chi connectivity index (χ3n) is 2.98. The summed E-state index contributed by atoms with van der Waals surface area (Å²) in [6.45, 7) is 3.89. The Bertz CT molecular complexity index is 445. The minimum absolute atomic E-state index is 0.0965. The number of pyridine rings is 1. The van der Waals surface area contributed by atoms with Crippen LogP contribution in [0.4, 0.5) is 5.69 Å². The van der Waals surface area contributed by atoms with Crippen LogP contribution in [0, 0.1) is 5.92 Å². The summed E-state index contributed by atoms with van der Waals surface area (Å²) in [6, 6.07) is 2.62. The molecular weight excluding hydrogens is 246 g/mol. The molecule has 0 spiro atoms. The van der Waals surface area contributed by atoms with Crippen molar-refractivity contribution < 1.29 is 14.7 Å². The van der Waals surface area contributed by atoms with Crippen LogP contribution >= 0.6 is 0 Å². The topological polar surface area (TPSA) is 105 Å². The average Bonchev–Trinajstić information content (AvgIpc) is 2.38. The maximum atomic E-state index is 11.8. The standard InChI is InChI=1S/C13H19N3O3/c1-3-8(2)12(14)13(19)16-10-5-4-9(15-7-10)6-11(17)18/h4-5,7-8,12H,3,6,14H2,1-2H3,(H,16,19)(H,17,18)/t8-,12-/m0/s1. The molecule has 0 radical (unpaired) electrons. The first kappa shape index (κ1) is 15.1. The van der Waals surface area contributed by atoms with E-state index in [9.17, 15) is 9.59 Å². The second-order valence-electron chi connectivity index (χ2n) is 4.51. The molecule has 1 aromatic heterocycles. The predicted octanol–water partition coefficient (Wildman–Crippen LogP) is 1.02. The van der Waals surface area contributed by atoms with E-state index in [2.05, 4.69) is 10.3 Å². The number of nitrogens with one attached hydrogen (secondary N) is 1. The van der Waals surface area contributed by atoms with E-state index in [-0.39, 0.29) is 18.2 Å². The number of amides is 1. The van der Waals surface area contributed by atoms with Gasteiger partial charge < -0.3 is 16.2 Å². The number of carboxylic acids is 1. The molecule has 0 bridgehead atoms. The Balaban J connectivity index is 2.62. The first-order valence-corrected chi connectivity index (χ1v) is 6.17. The minimum Gasteiger partial charge on any atom is -0.481 e. The zero-order chi connectivity index (χ0) is 14.4. The number of anilines is 1. The lowest BCUT2D eigenvalue weighted by molar-refractivity contribution is -0.136. The molecule has 0 aliphatic rings. The Morgan fingerprint density at radius 1 is 1.47 bits per heavy atom. The second kappa shape index (κ2) is 6.84. The fourth-order valence-corrected chi connectivity index (χ4v) is 1.50. The van der Waals surface area contributed by atoms with Gasteiger partial charge in [0.1, 0.15) is 0 Å². The third kappa shape index (κ3) is 4.67. The summed E-state index contributed by atoms with van der Waals surface area (Å²) in [4.78, 5) is 26.3. The molecule has 0 aliphatic carbocycles. The van der Waals surface area contributed by atoms with E-state index in [1.807, 2.05) is 13.8 Å². The monoisotopic (exact) mass is 265 g/mol. The zero-order valence-corrected chi connectivity index (χ0v) is 11.1. The lowest BCUT2D eigenvalue weighted by Crippen LogP contribution is -2.40. The molecule has 4 N–H and O–H groups in total. The molecule has 0 fully saturated rings. The number of hydrogen-bond acceptors (Lipinski definition) is 4. The molecule has 19 heavy (non-hydrogen) atoms. The van der Waals surface area contributed by atoms with Crippen molar-refractivity contribution in [2.24, 2.45) is 11.7 Å². The van der Waals surface area contributed by atoms with E-state index >= 15 is 0 Å². The van der Waals surface area contributed by atoms with Crippen LogP contribution in [0.1, 0.15) is 26.0 Å². The Hall–Kier alpha value is -1.95. The maximum absolute atomic E-state index is 11.8. The van der Waals surface area contributed by atoms with Gasteiger partial charge in [-0.1, -0.05) is 20.3 Å². The fourth-order valence-electron chi connectivity index (χ4n) is 1.50. The van der Waals surface area contributed by atoms with Gasteiger partial charge in [-0.3, -0.25) is 14.6 Å². The molecule has 104 valence electrons. The largest absolute Gasteiger partial charge is 0.481 e. The summed E-state index contributed by atoms with van der Waals surface area (Å²) in [5, 5.41) is 11.3. The van der Waals surface area contributed by atoms with Gasteiger partial charge in [0.2, 0.25) is 5.91 Å². The zero-order valence-electron chi connectivity index (χ0n) is 11.1. The van der Waals surface area contributed by atoms with Crippen molar-refractivity contribution in [3.8, 4) is 0 Å². The SMILES string of the molecule is CC[C@H](C)[C@H](N)C(=O)Nc1ccc(CC(=O)O)nc1. The van der Waals surface area contributed by atoms with E-state index in [1.165, 1.54) is 6.20 Å². The highest BCUT2D eigenvalue weighted by molar-refractivity contribution is 5.94. The quantitative estimate of drug-likeness (QED) is 0.712. The molecule has 6 heteroatoms. The van der Waals surface area contributed by atoms with E-state index in [0.29, 0.717) is 11.4 Å². The van der Waals surface area contributed by atoms with Crippen molar-refractivity contribution in [3.63, 3.8) is 0 Å².